The van der Waals surface area contributed by atoms with Crippen LogP contribution in [-0.4, -0.2) is 26.4 Å². The fourth-order valence-electron chi connectivity index (χ4n) is 2.57. The quantitative estimate of drug-likeness (QED) is 0.897. The predicted molar refractivity (Wildman–Crippen MR) is 80.6 cm³/mol. The van der Waals surface area contributed by atoms with Crippen molar-refractivity contribution in [1.82, 2.24) is 5.32 Å². The van der Waals surface area contributed by atoms with E-state index in [9.17, 15) is 0 Å². The van der Waals surface area contributed by atoms with Crippen molar-refractivity contribution in [2.75, 3.05) is 14.2 Å². The summed E-state index contributed by atoms with van der Waals surface area (Å²) in [5, 5.41) is 3.17. The van der Waals surface area contributed by atoms with E-state index < -0.39 is 0 Å². The molecule has 0 amide bonds. The van der Waals surface area contributed by atoms with Crippen LogP contribution in [0.2, 0.25) is 0 Å². The molecule has 0 bridgehead atoms. The van der Waals surface area contributed by atoms with Crippen LogP contribution in [0, 0.1) is 0 Å². The van der Waals surface area contributed by atoms with Crippen molar-refractivity contribution in [2.45, 2.75) is 44.4 Å². The summed E-state index contributed by atoms with van der Waals surface area (Å²) in [4.78, 5) is 0. The Hall–Kier alpha value is -0.580. The molecular formula is C15H22BrNO2. The number of hydrogen-bond donors (Lipinski definition) is 1. The molecule has 0 radical (unpaired) electrons. The minimum Gasteiger partial charge on any atom is -0.490 e. The first-order valence-electron chi connectivity index (χ1n) is 6.85. The van der Waals surface area contributed by atoms with Crippen molar-refractivity contribution in [2.24, 2.45) is 0 Å². The fraction of sp³-hybridized carbons (Fsp3) is 0.600. The zero-order chi connectivity index (χ0) is 13.7. The van der Waals surface area contributed by atoms with E-state index in [2.05, 4.69) is 33.4 Å². The Labute approximate surface area is 123 Å². The van der Waals surface area contributed by atoms with E-state index in [4.69, 9.17) is 9.47 Å². The third kappa shape index (κ3) is 4.20. The zero-order valence-electron chi connectivity index (χ0n) is 11.6. The Bertz CT molecular complexity index is 411. The van der Waals surface area contributed by atoms with Crippen LogP contribution in [0.15, 0.2) is 22.7 Å². The summed E-state index contributed by atoms with van der Waals surface area (Å²) in [6, 6.07) is 6.19. The average molecular weight is 328 g/mol. The van der Waals surface area contributed by atoms with Gasteiger partial charge in [-0.1, -0.05) is 15.9 Å². The smallest absolute Gasteiger partial charge is 0.120 e. The molecule has 1 fully saturated rings. The van der Waals surface area contributed by atoms with E-state index in [0.29, 0.717) is 6.10 Å². The van der Waals surface area contributed by atoms with Gasteiger partial charge in [0.2, 0.25) is 0 Å². The van der Waals surface area contributed by atoms with Crippen molar-refractivity contribution in [3.05, 3.63) is 28.2 Å². The van der Waals surface area contributed by atoms with Gasteiger partial charge >= 0.3 is 0 Å². The lowest BCUT2D eigenvalue weighted by Crippen LogP contribution is -2.29. The maximum Gasteiger partial charge on any atom is 0.120 e. The Morgan fingerprint density at radius 2 is 2.11 bits per heavy atom. The van der Waals surface area contributed by atoms with Crippen LogP contribution in [0.1, 0.15) is 31.2 Å². The molecule has 0 saturated heterocycles. The Morgan fingerprint density at radius 1 is 1.32 bits per heavy atom. The van der Waals surface area contributed by atoms with Crippen LogP contribution in [-0.2, 0) is 11.3 Å². The SMILES string of the molecule is CNCc1cc(OC2CCCC(OC)C2)ccc1Br. The molecule has 0 aliphatic heterocycles. The lowest BCUT2D eigenvalue weighted by molar-refractivity contribution is 0.0209. The highest BCUT2D eigenvalue weighted by molar-refractivity contribution is 9.10. The molecule has 19 heavy (non-hydrogen) atoms. The topological polar surface area (TPSA) is 30.5 Å². The molecular weight excluding hydrogens is 306 g/mol. The number of rotatable bonds is 5. The number of methoxy groups -OCH3 is 1. The van der Waals surface area contributed by atoms with Gasteiger partial charge in [-0.2, -0.15) is 0 Å². The molecule has 1 aromatic carbocycles. The number of benzene rings is 1. The summed E-state index contributed by atoms with van der Waals surface area (Å²) in [6.07, 6.45) is 5.09. The summed E-state index contributed by atoms with van der Waals surface area (Å²) in [5.74, 6) is 0.954. The molecule has 4 heteroatoms. The average Bonchev–Trinajstić information content (AvgIpc) is 2.43. The van der Waals surface area contributed by atoms with Crippen molar-refractivity contribution in [3.63, 3.8) is 0 Å². The highest BCUT2D eigenvalue weighted by Gasteiger charge is 2.23. The molecule has 1 saturated carbocycles. The molecule has 1 aliphatic carbocycles. The molecule has 3 nitrogen and oxygen atoms in total. The number of ether oxygens (including phenoxy) is 2. The fourth-order valence-corrected chi connectivity index (χ4v) is 2.95. The highest BCUT2D eigenvalue weighted by atomic mass is 79.9. The van der Waals surface area contributed by atoms with Crippen molar-refractivity contribution in [1.29, 1.82) is 0 Å². The number of halogens is 1. The Balaban J connectivity index is 2.00. The van der Waals surface area contributed by atoms with Crippen molar-refractivity contribution in [3.8, 4) is 5.75 Å². The summed E-state index contributed by atoms with van der Waals surface area (Å²) in [6.45, 7) is 0.836. The third-order valence-corrected chi connectivity index (χ3v) is 4.37. The molecule has 1 aliphatic rings. The van der Waals surface area contributed by atoms with Crippen LogP contribution >= 0.6 is 15.9 Å². The van der Waals surface area contributed by atoms with Crippen molar-refractivity contribution >= 4 is 15.9 Å². The summed E-state index contributed by atoms with van der Waals surface area (Å²) in [7, 11) is 3.74. The van der Waals surface area contributed by atoms with Crippen LogP contribution in [0.3, 0.4) is 0 Å². The van der Waals surface area contributed by atoms with Gasteiger partial charge < -0.3 is 14.8 Å². The molecule has 1 N–H and O–H groups in total. The van der Waals surface area contributed by atoms with E-state index in [1.807, 2.05) is 13.1 Å². The lowest BCUT2D eigenvalue weighted by Gasteiger charge is -2.28. The summed E-state index contributed by atoms with van der Waals surface area (Å²) < 4.78 is 12.7. The largest absolute Gasteiger partial charge is 0.490 e. The van der Waals surface area contributed by atoms with Crippen molar-refractivity contribution < 1.29 is 9.47 Å². The normalized spacial score (nSPS) is 23.3. The molecule has 0 aromatic heterocycles. The molecule has 0 spiro atoms. The second kappa shape index (κ2) is 7.27. The standard InChI is InChI=1S/C15H22BrNO2/c1-17-10-11-8-14(6-7-15(11)16)19-13-5-3-4-12(9-13)18-2/h6-8,12-13,17H,3-5,9-10H2,1-2H3. The monoisotopic (exact) mass is 327 g/mol. The Morgan fingerprint density at radius 3 is 2.84 bits per heavy atom. The number of hydrogen-bond acceptors (Lipinski definition) is 3. The lowest BCUT2D eigenvalue weighted by atomic mass is 9.95. The first-order valence-corrected chi connectivity index (χ1v) is 7.64. The first-order chi connectivity index (χ1) is 9.22. The van der Waals surface area contributed by atoms with Crippen LogP contribution in [0.4, 0.5) is 0 Å². The molecule has 2 atom stereocenters. The maximum atomic E-state index is 6.10. The van der Waals surface area contributed by atoms with Gasteiger partial charge in [0, 0.05) is 24.5 Å². The minimum absolute atomic E-state index is 0.280. The second-order valence-electron chi connectivity index (χ2n) is 5.05. The van der Waals surface area contributed by atoms with Crippen LogP contribution < -0.4 is 10.1 Å². The van der Waals surface area contributed by atoms with Gasteiger partial charge in [-0.25, -0.2) is 0 Å². The van der Waals surface area contributed by atoms with Gasteiger partial charge in [0.25, 0.3) is 0 Å². The van der Waals surface area contributed by atoms with Crippen LogP contribution in [0.5, 0.6) is 5.75 Å². The van der Waals surface area contributed by atoms with Gasteiger partial charge in [-0.15, -0.1) is 0 Å². The number of nitrogens with one attached hydrogen (secondary N) is 1. The van der Waals surface area contributed by atoms with E-state index in [0.717, 1.165) is 36.0 Å². The highest BCUT2D eigenvalue weighted by Crippen LogP contribution is 2.28. The Kier molecular flexibility index (Phi) is 5.67. The summed E-state index contributed by atoms with van der Waals surface area (Å²) >= 11 is 3.56. The predicted octanol–water partition coefficient (Wildman–Crippen LogP) is 3.50. The molecule has 106 valence electrons. The van der Waals surface area contributed by atoms with Gasteiger partial charge in [0.15, 0.2) is 0 Å². The van der Waals surface area contributed by atoms with E-state index in [-0.39, 0.29) is 6.10 Å². The molecule has 1 aromatic rings. The van der Waals surface area contributed by atoms with E-state index in [1.165, 1.54) is 12.0 Å². The molecule has 0 heterocycles. The van der Waals surface area contributed by atoms with Gasteiger partial charge in [0.05, 0.1) is 6.10 Å². The second-order valence-corrected chi connectivity index (χ2v) is 5.90. The zero-order valence-corrected chi connectivity index (χ0v) is 13.2. The van der Waals surface area contributed by atoms with E-state index >= 15 is 0 Å². The third-order valence-electron chi connectivity index (χ3n) is 3.60. The summed E-state index contributed by atoms with van der Waals surface area (Å²) in [5.41, 5.74) is 1.22. The van der Waals surface area contributed by atoms with Gasteiger partial charge in [-0.05, 0) is 50.1 Å². The molecule has 2 unspecified atom stereocenters. The first kappa shape index (κ1) is 14.8. The van der Waals surface area contributed by atoms with Gasteiger partial charge in [0.1, 0.15) is 11.9 Å². The van der Waals surface area contributed by atoms with Crippen LogP contribution in [0.25, 0.3) is 0 Å². The van der Waals surface area contributed by atoms with E-state index in [1.54, 1.807) is 7.11 Å². The maximum absolute atomic E-state index is 6.10. The minimum atomic E-state index is 0.280. The molecule has 2 rings (SSSR count). The van der Waals surface area contributed by atoms with Gasteiger partial charge in [-0.3, -0.25) is 0 Å².